The van der Waals surface area contributed by atoms with E-state index in [1.54, 1.807) is 4.90 Å². The van der Waals surface area contributed by atoms with Crippen LogP contribution in [0, 0.1) is 46.5 Å². The number of nitrogens with zero attached hydrogens (tertiary/aromatic N) is 3. The Morgan fingerprint density at radius 3 is 1.82 bits per heavy atom. The fourth-order valence-corrected chi connectivity index (χ4v) is 7.11. The second kappa shape index (κ2) is 9.74. The second-order valence-electron chi connectivity index (χ2n) is 9.96. The van der Waals surface area contributed by atoms with E-state index in [2.05, 4.69) is 0 Å². The van der Waals surface area contributed by atoms with Gasteiger partial charge in [0.05, 0.1) is 10.8 Å². The molecular weight excluding hydrogens is 438 g/mol. The molecule has 2 fully saturated rings. The van der Waals surface area contributed by atoms with Crippen LogP contribution in [0.4, 0.5) is 0 Å². The molecule has 0 bridgehead atoms. The number of likely N-dealkylation sites (tertiary alicyclic amines) is 1. The number of carbonyl (C=O) groups excluding carboxylic acids is 2. The van der Waals surface area contributed by atoms with E-state index in [1.807, 2.05) is 53.4 Å². The largest absolute Gasteiger partial charge is 0.342 e. The number of rotatable bonds is 4. The molecule has 2 aliphatic heterocycles. The lowest BCUT2D eigenvalue weighted by atomic mass is 9.95. The fraction of sp³-hybridized carbons (Fsp3) is 0.680. The summed E-state index contributed by atoms with van der Waals surface area (Å²) in [4.78, 5) is 29.6. The Kier molecular flexibility index (Phi) is 7.58. The first-order chi connectivity index (χ1) is 15.4. The topological polar surface area (TPSA) is 78.0 Å². The van der Waals surface area contributed by atoms with Crippen molar-refractivity contribution in [3.05, 3.63) is 27.8 Å². The molecule has 0 aliphatic carbocycles. The molecule has 1 aromatic carbocycles. The Labute approximate surface area is 199 Å². The minimum atomic E-state index is -3.65. The Hall–Kier alpha value is -1.93. The SMILES string of the molecule is Cc1c(C)c(C)c(S(=O)(=O)N2CCN(C(=O)C3CCCN(C(=O)C(C)C)C3)CC2)c(C)c1C. The Morgan fingerprint density at radius 2 is 1.30 bits per heavy atom. The van der Waals surface area contributed by atoms with Crippen molar-refractivity contribution in [1.29, 1.82) is 0 Å². The van der Waals surface area contributed by atoms with Gasteiger partial charge in [-0.05, 0) is 75.3 Å². The zero-order chi connectivity index (χ0) is 24.7. The number of hydrogen-bond acceptors (Lipinski definition) is 4. The van der Waals surface area contributed by atoms with Crippen LogP contribution in [0.25, 0.3) is 0 Å². The van der Waals surface area contributed by atoms with Crippen molar-refractivity contribution in [3.8, 4) is 0 Å². The molecule has 2 amide bonds. The van der Waals surface area contributed by atoms with Crippen molar-refractivity contribution >= 4 is 21.8 Å². The maximum Gasteiger partial charge on any atom is 0.243 e. The van der Waals surface area contributed by atoms with Gasteiger partial charge in [-0.2, -0.15) is 4.31 Å². The van der Waals surface area contributed by atoms with Gasteiger partial charge in [-0.3, -0.25) is 9.59 Å². The number of hydrogen-bond donors (Lipinski definition) is 0. The van der Waals surface area contributed by atoms with Crippen LogP contribution in [0.3, 0.4) is 0 Å². The molecule has 2 heterocycles. The lowest BCUT2D eigenvalue weighted by molar-refractivity contribution is -0.143. The summed E-state index contributed by atoms with van der Waals surface area (Å²) in [5.74, 6) is -0.134. The molecule has 184 valence electrons. The van der Waals surface area contributed by atoms with Crippen molar-refractivity contribution in [2.24, 2.45) is 11.8 Å². The number of carbonyl (C=O) groups is 2. The predicted octanol–water partition coefficient (Wildman–Crippen LogP) is 2.96. The summed E-state index contributed by atoms with van der Waals surface area (Å²) >= 11 is 0. The normalized spacial score (nSPS) is 20.4. The number of sulfonamides is 1. The van der Waals surface area contributed by atoms with E-state index in [0.717, 1.165) is 40.7 Å². The van der Waals surface area contributed by atoms with Crippen molar-refractivity contribution in [2.75, 3.05) is 39.3 Å². The monoisotopic (exact) mass is 477 g/mol. The molecule has 0 saturated carbocycles. The lowest BCUT2D eigenvalue weighted by Crippen LogP contribution is -2.54. The first kappa shape index (κ1) is 25.7. The molecule has 7 nitrogen and oxygen atoms in total. The third kappa shape index (κ3) is 4.83. The van der Waals surface area contributed by atoms with Crippen LogP contribution in [-0.4, -0.2) is 73.6 Å². The summed E-state index contributed by atoms with van der Waals surface area (Å²) in [6.07, 6.45) is 1.60. The first-order valence-electron chi connectivity index (χ1n) is 12.0. The molecule has 2 aliphatic rings. The lowest BCUT2D eigenvalue weighted by Gasteiger charge is -2.39. The molecule has 1 atom stereocenters. The summed E-state index contributed by atoms with van der Waals surface area (Å²) in [5.41, 5.74) is 4.79. The summed E-state index contributed by atoms with van der Waals surface area (Å²) in [7, 11) is -3.65. The molecule has 1 aromatic rings. The number of amides is 2. The smallest absolute Gasteiger partial charge is 0.243 e. The minimum absolute atomic E-state index is 0.0442. The van der Waals surface area contributed by atoms with Gasteiger partial charge in [0.15, 0.2) is 0 Å². The molecule has 1 unspecified atom stereocenters. The molecule has 8 heteroatoms. The van der Waals surface area contributed by atoms with E-state index in [0.29, 0.717) is 44.2 Å². The van der Waals surface area contributed by atoms with Gasteiger partial charge in [-0.1, -0.05) is 13.8 Å². The number of piperidine rings is 1. The molecule has 0 spiro atoms. The van der Waals surface area contributed by atoms with E-state index in [9.17, 15) is 18.0 Å². The van der Waals surface area contributed by atoms with Gasteiger partial charge >= 0.3 is 0 Å². The molecule has 0 radical (unpaired) electrons. The summed E-state index contributed by atoms with van der Waals surface area (Å²) in [5, 5.41) is 0. The van der Waals surface area contributed by atoms with Crippen molar-refractivity contribution < 1.29 is 18.0 Å². The van der Waals surface area contributed by atoms with Gasteiger partial charge in [0.2, 0.25) is 21.8 Å². The van der Waals surface area contributed by atoms with Crippen LogP contribution in [0.2, 0.25) is 0 Å². The van der Waals surface area contributed by atoms with Gasteiger partial charge in [-0.25, -0.2) is 8.42 Å². The van der Waals surface area contributed by atoms with E-state index < -0.39 is 10.0 Å². The molecule has 2 saturated heterocycles. The highest BCUT2D eigenvalue weighted by Gasteiger charge is 2.36. The summed E-state index contributed by atoms with van der Waals surface area (Å²) < 4.78 is 28.7. The Morgan fingerprint density at radius 1 is 0.788 bits per heavy atom. The zero-order valence-corrected chi connectivity index (χ0v) is 22.0. The van der Waals surface area contributed by atoms with Gasteiger partial charge in [-0.15, -0.1) is 0 Å². The van der Waals surface area contributed by atoms with Crippen LogP contribution >= 0.6 is 0 Å². The standard InChI is InChI=1S/C25H39N3O4S/c1-16(2)24(29)27-10-8-9-22(15-27)25(30)26-11-13-28(14-12-26)33(31,32)23-20(6)18(4)17(3)19(5)21(23)7/h16,22H,8-15H2,1-7H3. The van der Waals surface area contributed by atoms with Gasteiger partial charge < -0.3 is 9.80 Å². The second-order valence-corrected chi connectivity index (χ2v) is 11.8. The van der Waals surface area contributed by atoms with E-state index in [1.165, 1.54) is 4.31 Å². The highest BCUT2D eigenvalue weighted by molar-refractivity contribution is 7.89. The maximum absolute atomic E-state index is 13.6. The van der Waals surface area contributed by atoms with Gasteiger partial charge in [0.1, 0.15) is 0 Å². The van der Waals surface area contributed by atoms with Crippen LogP contribution in [0.5, 0.6) is 0 Å². The summed E-state index contributed by atoms with van der Waals surface area (Å²) in [6.45, 7) is 16.0. The highest BCUT2D eigenvalue weighted by atomic mass is 32.2. The quantitative estimate of drug-likeness (QED) is 0.668. The van der Waals surface area contributed by atoms with Gasteiger partial charge in [0.25, 0.3) is 0 Å². The maximum atomic E-state index is 13.6. The zero-order valence-electron chi connectivity index (χ0n) is 21.2. The summed E-state index contributed by atoms with van der Waals surface area (Å²) in [6, 6.07) is 0. The van der Waals surface area contributed by atoms with E-state index >= 15 is 0 Å². The van der Waals surface area contributed by atoms with E-state index in [-0.39, 0.29) is 23.7 Å². The average molecular weight is 478 g/mol. The van der Waals surface area contributed by atoms with Crippen molar-refractivity contribution in [3.63, 3.8) is 0 Å². The predicted molar refractivity (Wildman–Crippen MR) is 130 cm³/mol. The molecule has 0 N–H and O–H groups in total. The third-order valence-electron chi connectivity index (χ3n) is 7.66. The van der Waals surface area contributed by atoms with E-state index in [4.69, 9.17) is 0 Å². The van der Waals surface area contributed by atoms with Crippen LogP contribution < -0.4 is 0 Å². The van der Waals surface area contributed by atoms with Crippen molar-refractivity contribution in [2.45, 2.75) is 66.2 Å². The molecule has 3 rings (SSSR count). The van der Waals surface area contributed by atoms with Gasteiger partial charge in [0, 0.05) is 45.2 Å². The minimum Gasteiger partial charge on any atom is -0.342 e. The van der Waals surface area contributed by atoms with Crippen LogP contribution in [0.1, 0.15) is 54.5 Å². The fourth-order valence-electron chi connectivity index (χ4n) is 5.13. The average Bonchev–Trinajstić information content (AvgIpc) is 2.80. The molecular formula is C25H39N3O4S. The third-order valence-corrected chi connectivity index (χ3v) is 9.83. The Bertz CT molecular complexity index is 1010. The Balaban J connectivity index is 1.71. The molecule has 33 heavy (non-hydrogen) atoms. The number of benzene rings is 1. The van der Waals surface area contributed by atoms with Crippen molar-refractivity contribution in [1.82, 2.24) is 14.1 Å². The first-order valence-corrected chi connectivity index (χ1v) is 13.5. The van der Waals surface area contributed by atoms with Crippen LogP contribution in [0.15, 0.2) is 4.90 Å². The molecule has 0 aromatic heterocycles. The number of piperazine rings is 1. The van der Waals surface area contributed by atoms with Crippen LogP contribution in [-0.2, 0) is 19.6 Å². The highest BCUT2D eigenvalue weighted by Crippen LogP contribution is 2.32.